The average molecular weight is 443 g/mol. The van der Waals surface area contributed by atoms with Crippen molar-refractivity contribution in [3.8, 4) is 0 Å². The second-order valence-electron chi connectivity index (χ2n) is 8.30. The van der Waals surface area contributed by atoms with Crippen LogP contribution in [0.4, 0.5) is 11.5 Å². The first-order valence-electron chi connectivity index (χ1n) is 11.3. The topological polar surface area (TPSA) is 92.8 Å². The number of hydrogen-bond donors (Lipinski definition) is 2. The van der Waals surface area contributed by atoms with E-state index in [0.717, 1.165) is 41.8 Å². The summed E-state index contributed by atoms with van der Waals surface area (Å²) in [7, 11) is 0. The minimum absolute atomic E-state index is 0.126. The molecule has 3 rings (SSSR count). The zero-order valence-corrected chi connectivity index (χ0v) is 19.3. The van der Waals surface area contributed by atoms with Crippen LogP contribution in [0.15, 0.2) is 24.3 Å². The average Bonchev–Trinajstić information content (AvgIpc) is 2.78. The maximum absolute atomic E-state index is 12.3. The number of carbonyl (C=O) groups excluding carboxylic acids is 2. The van der Waals surface area contributed by atoms with Gasteiger partial charge in [-0.3, -0.25) is 9.59 Å². The summed E-state index contributed by atoms with van der Waals surface area (Å²) >= 11 is 0. The van der Waals surface area contributed by atoms with Crippen LogP contribution in [0.5, 0.6) is 0 Å². The Labute approximate surface area is 189 Å². The molecule has 1 aliphatic rings. The van der Waals surface area contributed by atoms with Gasteiger partial charge in [0.15, 0.2) is 0 Å². The fourth-order valence-corrected chi connectivity index (χ4v) is 3.57. The molecular weight excluding hydrogens is 408 g/mol. The third-order valence-corrected chi connectivity index (χ3v) is 5.29. The fraction of sp³-hybridized carbons (Fsp3) is 0.542. The summed E-state index contributed by atoms with van der Waals surface area (Å²) in [4.78, 5) is 31.2. The monoisotopic (exact) mass is 442 g/mol. The van der Waals surface area contributed by atoms with E-state index in [4.69, 9.17) is 14.5 Å². The molecule has 0 bridgehead atoms. The van der Waals surface area contributed by atoms with Crippen LogP contribution in [0.3, 0.4) is 0 Å². The number of hydrogen-bond acceptors (Lipinski definition) is 6. The normalized spacial score (nSPS) is 14.1. The van der Waals surface area contributed by atoms with Crippen LogP contribution in [0.1, 0.15) is 38.7 Å². The van der Waals surface area contributed by atoms with Crippen LogP contribution in [0, 0.1) is 6.92 Å². The number of pyridine rings is 1. The molecule has 174 valence electrons. The Bertz CT molecular complexity index is 926. The van der Waals surface area contributed by atoms with Crippen molar-refractivity contribution < 1.29 is 19.1 Å². The van der Waals surface area contributed by atoms with Crippen LogP contribution >= 0.6 is 0 Å². The quantitative estimate of drug-likeness (QED) is 0.550. The minimum atomic E-state index is -0.182. The molecule has 0 radical (unpaired) electrons. The van der Waals surface area contributed by atoms with Gasteiger partial charge in [0.25, 0.3) is 0 Å². The maximum atomic E-state index is 12.3. The Morgan fingerprint density at radius 1 is 1.16 bits per heavy atom. The number of anilines is 2. The van der Waals surface area contributed by atoms with Gasteiger partial charge in [-0.15, -0.1) is 0 Å². The molecule has 0 saturated carbocycles. The number of aryl methyl sites for hydroxylation is 1. The largest absolute Gasteiger partial charge is 0.379 e. The summed E-state index contributed by atoms with van der Waals surface area (Å²) in [6.45, 7) is 10.3. The van der Waals surface area contributed by atoms with Crippen LogP contribution in [-0.4, -0.2) is 62.4 Å². The van der Waals surface area contributed by atoms with Gasteiger partial charge >= 0.3 is 0 Å². The number of aromatic nitrogens is 1. The Balaban J connectivity index is 1.49. The lowest BCUT2D eigenvalue weighted by Crippen LogP contribution is -2.36. The number of benzene rings is 1. The molecule has 1 fully saturated rings. The molecule has 1 aromatic heterocycles. The summed E-state index contributed by atoms with van der Waals surface area (Å²) in [5, 5.41) is 6.71. The van der Waals surface area contributed by atoms with E-state index in [-0.39, 0.29) is 30.8 Å². The zero-order valence-electron chi connectivity index (χ0n) is 19.3. The number of amides is 2. The fourth-order valence-electron chi connectivity index (χ4n) is 3.57. The van der Waals surface area contributed by atoms with Gasteiger partial charge in [0.2, 0.25) is 11.8 Å². The molecule has 2 N–H and O–H groups in total. The van der Waals surface area contributed by atoms with Crippen molar-refractivity contribution in [3.63, 3.8) is 0 Å². The predicted octanol–water partition coefficient (Wildman–Crippen LogP) is 3.03. The molecule has 2 aromatic rings. The van der Waals surface area contributed by atoms with E-state index in [1.54, 1.807) is 0 Å². The van der Waals surface area contributed by atoms with Gasteiger partial charge in [-0.05, 0) is 57.0 Å². The van der Waals surface area contributed by atoms with E-state index < -0.39 is 0 Å². The van der Waals surface area contributed by atoms with Crippen LogP contribution < -0.4 is 15.5 Å². The molecule has 0 aliphatic carbocycles. The van der Waals surface area contributed by atoms with Crippen LogP contribution in [0.25, 0.3) is 10.9 Å². The molecular formula is C24H34N4O4. The molecule has 0 unspecified atom stereocenters. The van der Waals surface area contributed by atoms with Gasteiger partial charge in [-0.25, -0.2) is 4.98 Å². The highest BCUT2D eigenvalue weighted by Crippen LogP contribution is 2.26. The Hall–Kier alpha value is -2.71. The third-order valence-electron chi connectivity index (χ3n) is 5.29. The number of nitrogens with one attached hydrogen (secondary N) is 2. The number of carbonyl (C=O) groups is 2. The minimum Gasteiger partial charge on any atom is -0.379 e. The summed E-state index contributed by atoms with van der Waals surface area (Å²) in [5.74, 6) is 0.647. The van der Waals surface area contributed by atoms with Crippen LogP contribution in [0.2, 0.25) is 0 Å². The summed E-state index contributed by atoms with van der Waals surface area (Å²) in [6, 6.07) is 7.79. The summed E-state index contributed by atoms with van der Waals surface area (Å²) in [5.41, 5.74) is 2.71. The molecule has 8 nitrogen and oxygen atoms in total. The first-order chi connectivity index (χ1) is 15.4. The molecule has 1 aliphatic heterocycles. The molecule has 1 aromatic carbocycles. The number of nitrogens with zero attached hydrogens (tertiary/aromatic N) is 2. The lowest BCUT2D eigenvalue weighted by atomic mass is 10.1. The Morgan fingerprint density at radius 2 is 1.91 bits per heavy atom. The Kier molecular flexibility index (Phi) is 8.81. The van der Waals surface area contributed by atoms with Gasteiger partial charge < -0.3 is 25.0 Å². The predicted molar refractivity (Wildman–Crippen MR) is 126 cm³/mol. The first-order valence-corrected chi connectivity index (χ1v) is 11.3. The van der Waals surface area contributed by atoms with E-state index in [0.29, 0.717) is 32.1 Å². The van der Waals surface area contributed by atoms with Crippen molar-refractivity contribution in [3.05, 3.63) is 29.8 Å². The molecule has 0 spiro atoms. The Morgan fingerprint density at radius 3 is 2.66 bits per heavy atom. The smallest absolute Gasteiger partial charge is 0.224 e. The number of fused-ring (bicyclic) bond motifs is 1. The van der Waals surface area contributed by atoms with Gasteiger partial charge in [0.05, 0.1) is 24.8 Å². The molecule has 1 saturated heterocycles. The number of ether oxygens (including phenoxy) is 2. The zero-order chi connectivity index (χ0) is 22.9. The summed E-state index contributed by atoms with van der Waals surface area (Å²) < 4.78 is 10.9. The third kappa shape index (κ3) is 7.17. The van der Waals surface area contributed by atoms with Crippen molar-refractivity contribution >= 4 is 34.2 Å². The number of rotatable bonds is 10. The standard InChI is InChI=1S/C24H34N4O4/c1-17(2)32-12-4-9-25-23(29)7-8-24(30)26-19-5-6-21-20(16-19)18(3)15-22(27-21)28-10-13-31-14-11-28/h5-6,15-17H,4,7-14H2,1-3H3,(H,25,29)(H,26,30). The molecule has 2 amide bonds. The van der Waals surface area contributed by atoms with E-state index >= 15 is 0 Å². The van der Waals surface area contributed by atoms with Gasteiger partial charge in [-0.1, -0.05) is 0 Å². The van der Waals surface area contributed by atoms with Crippen molar-refractivity contribution in [2.75, 3.05) is 49.7 Å². The highest BCUT2D eigenvalue weighted by Gasteiger charge is 2.14. The highest BCUT2D eigenvalue weighted by molar-refractivity contribution is 5.96. The van der Waals surface area contributed by atoms with Crippen molar-refractivity contribution in [2.24, 2.45) is 0 Å². The first kappa shape index (κ1) is 23.9. The van der Waals surface area contributed by atoms with Gasteiger partial charge in [-0.2, -0.15) is 0 Å². The maximum Gasteiger partial charge on any atom is 0.224 e. The van der Waals surface area contributed by atoms with Gasteiger partial charge in [0.1, 0.15) is 5.82 Å². The van der Waals surface area contributed by atoms with E-state index in [9.17, 15) is 9.59 Å². The van der Waals surface area contributed by atoms with Gasteiger partial charge in [0, 0.05) is 50.2 Å². The highest BCUT2D eigenvalue weighted by atomic mass is 16.5. The number of morpholine rings is 1. The molecule has 0 atom stereocenters. The molecule has 32 heavy (non-hydrogen) atoms. The van der Waals surface area contributed by atoms with Crippen molar-refractivity contribution in [1.82, 2.24) is 10.3 Å². The van der Waals surface area contributed by atoms with Crippen molar-refractivity contribution in [1.29, 1.82) is 0 Å². The van der Waals surface area contributed by atoms with Crippen LogP contribution in [-0.2, 0) is 19.1 Å². The molecule has 8 heteroatoms. The molecule has 2 heterocycles. The second-order valence-corrected chi connectivity index (χ2v) is 8.30. The van der Waals surface area contributed by atoms with Crippen molar-refractivity contribution in [2.45, 2.75) is 46.1 Å². The lowest BCUT2D eigenvalue weighted by Gasteiger charge is -2.28. The SMILES string of the molecule is Cc1cc(N2CCOCC2)nc2ccc(NC(=O)CCC(=O)NCCCOC(C)C)cc12. The lowest BCUT2D eigenvalue weighted by molar-refractivity contribution is -0.124. The van der Waals surface area contributed by atoms with E-state index in [2.05, 4.69) is 28.5 Å². The van der Waals surface area contributed by atoms with E-state index in [1.165, 1.54) is 0 Å². The second kappa shape index (κ2) is 11.8. The summed E-state index contributed by atoms with van der Waals surface area (Å²) in [6.07, 6.45) is 1.25. The van der Waals surface area contributed by atoms with E-state index in [1.807, 2.05) is 32.0 Å².